The third-order valence-electron chi connectivity index (χ3n) is 4.44. The molecule has 0 aliphatic carbocycles. The van der Waals surface area contributed by atoms with Crippen LogP contribution in [0, 0.1) is 11.3 Å². The number of fused-ring (bicyclic) bond motifs is 5. The summed E-state index contributed by atoms with van der Waals surface area (Å²) in [6.07, 6.45) is 4.23. The smallest absolute Gasteiger partial charge is 0.306 e. The lowest BCUT2D eigenvalue weighted by Gasteiger charge is -2.12. The van der Waals surface area contributed by atoms with Gasteiger partial charge >= 0.3 is 5.97 Å². The molecule has 1 aliphatic heterocycles. The zero-order valence-electron chi connectivity index (χ0n) is 14.6. The summed E-state index contributed by atoms with van der Waals surface area (Å²) in [4.78, 5) is 16.2. The van der Waals surface area contributed by atoms with Crippen molar-refractivity contribution >= 4 is 5.97 Å². The Balaban J connectivity index is 1.75. The molecule has 1 aromatic heterocycles. The number of imidazole rings is 1. The van der Waals surface area contributed by atoms with Gasteiger partial charge in [0.25, 0.3) is 0 Å². The first kappa shape index (κ1) is 16.9. The number of carbonyl (C=O) groups is 1. The summed E-state index contributed by atoms with van der Waals surface area (Å²) in [6.45, 7) is 0.716. The van der Waals surface area contributed by atoms with E-state index in [9.17, 15) is 10.1 Å². The maximum Gasteiger partial charge on any atom is 0.306 e. The highest BCUT2D eigenvalue weighted by Crippen LogP contribution is 2.28. The first-order valence-corrected chi connectivity index (χ1v) is 8.66. The van der Waals surface area contributed by atoms with Gasteiger partial charge in [-0.1, -0.05) is 18.2 Å². The molecule has 6 heteroatoms. The van der Waals surface area contributed by atoms with Crippen molar-refractivity contribution in [2.75, 3.05) is 0 Å². The van der Waals surface area contributed by atoms with E-state index in [1.807, 2.05) is 41.0 Å². The molecule has 0 saturated carbocycles. The minimum absolute atomic E-state index is 0.179. The van der Waals surface area contributed by atoms with Crippen LogP contribution in [0.4, 0.5) is 0 Å². The second-order valence-corrected chi connectivity index (χ2v) is 6.37. The topological polar surface area (TPSA) is 77.1 Å². The Bertz CT molecular complexity index is 1030. The Morgan fingerprint density at radius 2 is 2.04 bits per heavy atom. The van der Waals surface area contributed by atoms with Crippen LogP contribution in [0.5, 0.6) is 11.5 Å². The van der Waals surface area contributed by atoms with Crippen LogP contribution >= 0.6 is 0 Å². The number of aryl methyl sites for hydroxylation is 1. The van der Waals surface area contributed by atoms with Gasteiger partial charge in [0.05, 0.1) is 23.8 Å². The molecule has 0 atom stereocenters. The van der Waals surface area contributed by atoms with Gasteiger partial charge in [-0.3, -0.25) is 4.79 Å². The molecule has 0 radical (unpaired) electrons. The number of hydrogen-bond donors (Lipinski definition) is 0. The highest BCUT2D eigenvalue weighted by molar-refractivity contribution is 5.69. The first-order valence-electron chi connectivity index (χ1n) is 8.66. The van der Waals surface area contributed by atoms with E-state index >= 15 is 0 Å². The average molecular weight is 359 g/mol. The fourth-order valence-corrected chi connectivity index (χ4v) is 3.01. The number of carbonyl (C=O) groups excluding carboxylic acids is 1. The summed E-state index contributed by atoms with van der Waals surface area (Å²) in [6, 6.07) is 15.2. The van der Waals surface area contributed by atoms with Crippen LogP contribution in [0.15, 0.2) is 55.0 Å². The largest absolute Gasteiger partial charge is 0.459 e. The molecule has 0 spiro atoms. The fraction of sp³-hybridized carbons (Fsp3) is 0.190. The second-order valence-electron chi connectivity index (χ2n) is 6.37. The lowest BCUT2D eigenvalue weighted by Crippen LogP contribution is -2.09. The van der Waals surface area contributed by atoms with Gasteiger partial charge < -0.3 is 14.0 Å². The molecule has 1 aliphatic rings. The first-order chi connectivity index (χ1) is 13.2. The van der Waals surface area contributed by atoms with Crippen molar-refractivity contribution in [2.24, 2.45) is 0 Å². The maximum absolute atomic E-state index is 12.1. The molecule has 2 aromatic carbocycles. The van der Waals surface area contributed by atoms with E-state index < -0.39 is 0 Å². The number of ether oxygens (including phenoxy) is 2. The number of nitriles is 1. The Morgan fingerprint density at radius 3 is 2.93 bits per heavy atom. The number of aromatic nitrogens is 2. The van der Waals surface area contributed by atoms with Crippen molar-refractivity contribution < 1.29 is 14.3 Å². The summed E-state index contributed by atoms with van der Waals surface area (Å²) in [5, 5.41) is 9.40. The van der Waals surface area contributed by atoms with Gasteiger partial charge in [0.15, 0.2) is 0 Å². The summed E-state index contributed by atoms with van der Waals surface area (Å²) < 4.78 is 13.3. The minimum atomic E-state index is -0.253. The summed E-state index contributed by atoms with van der Waals surface area (Å²) >= 11 is 0. The third kappa shape index (κ3) is 3.82. The highest BCUT2D eigenvalue weighted by atomic mass is 16.5. The Morgan fingerprint density at radius 1 is 1.11 bits per heavy atom. The van der Waals surface area contributed by atoms with Gasteiger partial charge in [-0.15, -0.1) is 0 Å². The molecule has 4 bridgehead atoms. The fourth-order valence-electron chi connectivity index (χ4n) is 3.01. The summed E-state index contributed by atoms with van der Waals surface area (Å²) in [5.41, 5.74) is 3.21. The van der Waals surface area contributed by atoms with Crippen molar-refractivity contribution in [1.82, 2.24) is 9.55 Å². The monoisotopic (exact) mass is 359 g/mol. The van der Waals surface area contributed by atoms with Crippen molar-refractivity contribution in [1.29, 1.82) is 5.26 Å². The molecule has 0 amide bonds. The van der Waals surface area contributed by atoms with E-state index in [1.54, 1.807) is 18.6 Å². The lowest BCUT2D eigenvalue weighted by molar-refractivity contribution is -0.145. The van der Waals surface area contributed by atoms with Crippen LogP contribution in [0.1, 0.15) is 28.8 Å². The van der Waals surface area contributed by atoms with Crippen molar-refractivity contribution in [3.8, 4) is 17.6 Å². The molecule has 6 nitrogen and oxygen atoms in total. The lowest BCUT2D eigenvalue weighted by atomic mass is 10.1. The zero-order chi connectivity index (χ0) is 18.6. The highest BCUT2D eigenvalue weighted by Gasteiger charge is 2.12. The van der Waals surface area contributed by atoms with Crippen LogP contribution in [-0.2, 0) is 29.1 Å². The normalized spacial score (nSPS) is 14.0. The maximum atomic E-state index is 12.1. The van der Waals surface area contributed by atoms with Gasteiger partial charge in [0.2, 0.25) is 0 Å². The Kier molecular flexibility index (Phi) is 4.58. The van der Waals surface area contributed by atoms with Gasteiger partial charge in [-0.2, -0.15) is 5.26 Å². The van der Waals surface area contributed by atoms with Crippen molar-refractivity contribution in [3.63, 3.8) is 0 Å². The molecular formula is C21H17N3O3. The Labute approximate surface area is 156 Å². The minimum Gasteiger partial charge on any atom is -0.459 e. The van der Waals surface area contributed by atoms with E-state index in [-0.39, 0.29) is 19.0 Å². The number of rotatable bonds is 0. The Hall–Kier alpha value is -3.59. The molecule has 134 valence electrons. The predicted octanol–water partition coefficient (Wildman–Crippen LogP) is 3.58. The van der Waals surface area contributed by atoms with E-state index in [1.165, 1.54) is 0 Å². The number of benzene rings is 2. The molecule has 0 fully saturated rings. The standard InChI is InChI=1S/C21H17N3O3/c22-10-17-6-4-16-9-20(17)27-19-3-1-2-15(8-19)5-7-21(25)26-13-18-11-23-14-24(18)12-16/h1-4,6,8-9,11,14H,5,7,12-13H2. The molecular weight excluding hydrogens is 342 g/mol. The zero-order valence-corrected chi connectivity index (χ0v) is 14.6. The van der Waals surface area contributed by atoms with E-state index in [0.717, 1.165) is 16.8 Å². The van der Waals surface area contributed by atoms with Crippen LogP contribution < -0.4 is 4.74 Å². The van der Waals surface area contributed by atoms with E-state index in [4.69, 9.17) is 9.47 Å². The number of esters is 1. The second kappa shape index (κ2) is 7.34. The van der Waals surface area contributed by atoms with E-state index in [2.05, 4.69) is 11.1 Å². The van der Waals surface area contributed by atoms with Gasteiger partial charge in [-0.05, 0) is 41.8 Å². The molecule has 0 N–H and O–H groups in total. The van der Waals surface area contributed by atoms with Crippen molar-refractivity contribution in [3.05, 3.63) is 77.4 Å². The molecule has 27 heavy (non-hydrogen) atoms. The molecule has 0 unspecified atom stereocenters. The molecule has 0 saturated heterocycles. The number of hydrogen-bond acceptors (Lipinski definition) is 5. The molecule has 3 aromatic rings. The summed E-state index contributed by atoms with van der Waals surface area (Å²) in [5.74, 6) is 0.889. The van der Waals surface area contributed by atoms with Gasteiger partial charge in [-0.25, -0.2) is 4.98 Å². The van der Waals surface area contributed by atoms with Gasteiger partial charge in [0.1, 0.15) is 24.2 Å². The SMILES string of the molecule is N#Cc1ccc2cc1Oc1cccc(c1)CCC(=O)OCc1cncn1C2. The van der Waals surface area contributed by atoms with Gasteiger partial charge in [0, 0.05) is 13.0 Å². The number of nitrogens with zero attached hydrogens (tertiary/aromatic N) is 3. The van der Waals surface area contributed by atoms with Crippen LogP contribution in [0.25, 0.3) is 0 Å². The van der Waals surface area contributed by atoms with Crippen LogP contribution in [0.2, 0.25) is 0 Å². The van der Waals surface area contributed by atoms with Crippen LogP contribution in [-0.4, -0.2) is 15.5 Å². The average Bonchev–Trinajstić information content (AvgIpc) is 3.11. The quantitative estimate of drug-likeness (QED) is 0.573. The predicted molar refractivity (Wildman–Crippen MR) is 97.1 cm³/mol. The number of cyclic esters (lactones) is 1. The van der Waals surface area contributed by atoms with Crippen LogP contribution in [0.3, 0.4) is 0 Å². The third-order valence-corrected chi connectivity index (χ3v) is 4.44. The molecule has 2 heterocycles. The summed E-state index contributed by atoms with van der Waals surface area (Å²) in [7, 11) is 0. The van der Waals surface area contributed by atoms with Crippen molar-refractivity contribution in [2.45, 2.75) is 26.0 Å². The van der Waals surface area contributed by atoms with E-state index in [0.29, 0.717) is 30.0 Å². The molecule has 4 rings (SSSR count).